The first kappa shape index (κ1) is 22.2. The fourth-order valence-corrected chi connectivity index (χ4v) is 4.99. The standard InChI is InChI=1S/C19H25IN2O6S/c1-5-29(24,25)21-13-6-8-22(9-7-13)15(23)11-26-17-14(20)10-12(2)16-18(17)28-19(3,4)27-16/h5,10,13,21H,1,6-9,11H2,2-4H3. The number of carbonyl (C=O) groups excluding carboxylic acids is 1. The van der Waals surface area contributed by atoms with Crippen molar-refractivity contribution in [3.63, 3.8) is 0 Å². The minimum Gasteiger partial charge on any atom is -0.479 e. The molecule has 0 radical (unpaired) electrons. The van der Waals surface area contributed by atoms with Crippen LogP contribution in [0.25, 0.3) is 0 Å². The van der Waals surface area contributed by atoms with Gasteiger partial charge in [0.05, 0.1) is 3.57 Å². The third-order valence-corrected chi connectivity index (χ3v) is 6.67. The summed E-state index contributed by atoms with van der Waals surface area (Å²) < 4.78 is 44.1. The molecule has 0 unspecified atom stereocenters. The van der Waals surface area contributed by atoms with Gasteiger partial charge in [0.25, 0.3) is 5.91 Å². The Morgan fingerprint density at radius 1 is 1.38 bits per heavy atom. The number of piperidine rings is 1. The number of amides is 1. The molecule has 8 nitrogen and oxygen atoms in total. The number of benzene rings is 1. The molecule has 2 aliphatic rings. The van der Waals surface area contributed by atoms with Gasteiger partial charge >= 0.3 is 0 Å². The lowest BCUT2D eigenvalue weighted by molar-refractivity contribution is -0.134. The summed E-state index contributed by atoms with van der Waals surface area (Å²) in [5.74, 6) is 0.704. The summed E-state index contributed by atoms with van der Waals surface area (Å²) in [5, 5.41) is 0.896. The third-order valence-electron chi connectivity index (χ3n) is 4.76. The van der Waals surface area contributed by atoms with Crippen LogP contribution in [0, 0.1) is 10.5 Å². The lowest BCUT2D eigenvalue weighted by Crippen LogP contribution is -2.47. The maximum absolute atomic E-state index is 12.6. The van der Waals surface area contributed by atoms with Crippen LogP contribution in [0.15, 0.2) is 18.1 Å². The Kier molecular flexibility index (Phi) is 6.35. The number of halogens is 1. The van der Waals surface area contributed by atoms with E-state index in [2.05, 4.69) is 33.9 Å². The highest BCUT2D eigenvalue weighted by atomic mass is 127. The van der Waals surface area contributed by atoms with Gasteiger partial charge in [0, 0.05) is 38.4 Å². The van der Waals surface area contributed by atoms with Gasteiger partial charge in [-0.1, -0.05) is 6.58 Å². The normalized spacial score (nSPS) is 18.6. The quantitative estimate of drug-likeness (QED) is 0.562. The molecule has 0 aliphatic carbocycles. The van der Waals surface area contributed by atoms with Gasteiger partial charge in [-0.3, -0.25) is 4.79 Å². The molecule has 1 saturated heterocycles. The molecule has 29 heavy (non-hydrogen) atoms. The van der Waals surface area contributed by atoms with E-state index in [0.29, 0.717) is 43.2 Å². The summed E-state index contributed by atoms with van der Waals surface area (Å²) in [6.45, 7) is 9.66. The zero-order chi connectivity index (χ0) is 21.4. The van der Waals surface area contributed by atoms with E-state index in [1.54, 1.807) is 4.90 Å². The molecule has 0 aromatic heterocycles. The van der Waals surface area contributed by atoms with Crippen LogP contribution in [0.1, 0.15) is 32.3 Å². The molecule has 160 valence electrons. The Hall–Kier alpha value is -1.53. The van der Waals surface area contributed by atoms with Gasteiger partial charge in [-0.05, 0) is 54.0 Å². The first-order chi connectivity index (χ1) is 13.5. The molecule has 0 atom stereocenters. The molecule has 2 heterocycles. The van der Waals surface area contributed by atoms with Gasteiger partial charge in [0.15, 0.2) is 18.1 Å². The van der Waals surface area contributed by atoms with Gasteiger partial charge < -0.3 is 19.1 Å². The number of rotatable bonds is 6. The summed E-state index contributed by atoms with van der Waals surface area (Å²) in [5.41, 5.74) is 0.942. The average molecular weight is 536 g/mol. The van der Waals surface area contributed by atoms with Gasteiger partial charge in [-0.2, -0.15) is 0 Å². The maximum atomic E-state index is 12.6. The van der Waals surface area contributed by atoms with E-state index in [4.69, 9.17) is 14.2 Å². The lowest BCUT2D eigenvalue weighted by Gasteiger charge is -2.32. The van der Waals surface area contributed by atoms with Crippen LogP contribution in [0.3, 0.4) is 0 Å². The van der Waals surface area contributed by atoms with Crippen molar-refractivity contribution in [3.05, 3.63) is 27.2 Å². The van der Waals surface area contributed by atoms with E-state index in [1.807, 2.05) is 26.8 Å². The smallest absolute Gasteiger partial charge is 0.260 e. The zero-order valence-electron chi connectivity index (χ0n) is 16.7. The summed E-state index contributed by atoms with van der Waals surface area (Å²) >= 11 is 2.15. The van der Waals surface area contributed by atoms with Crippen molar-refractivity contribution in [3.8, 4) is 17.2 Å². The highest BCUT2D eigenvalue weighted by Gasteiger charge is 2.37. The Balaban J connectivity index is 1.60. The molecule has 0 spiro atoms. The number of hydrogen-bond donors (Lipinski definition) is 1. The van der Waals surface area contributed by atoms with Crippen molar-refractivity contribution in [2.45, 2.75) is 45.4 Å². The Bertz CT molecular complexity index is 923. The molecule has 10 heteroatoms. The Labute approximate surface area is 184 Å². The molecule has 3 rings (SSSR count). The van der Waals surface area contributed by atoms with E-state index in [1.165, 1.54) is 0 Å². The third kappa shape index (κ3) is 5.15. The van der Waals surface area contributed by atoms with Crippen LogP contribution in [-0.2, 0) is 14.8 Å². The first-order valence-corrected chi connectivity index (χ1v) is 11.9. The Morgan fingerprint density at radius 3 is 2.62 bits per heavy atom. The predicted molar refractivity (Wildman–Crippen MR) is 117 cm³/mol. The van der Waals surface area contributed by atoms with E-state index in [9.17, 15) is 13.2 Å². The van der Waals surface area contributed by atoms with Crippen LogP contribution in [0.5, 0.6) is 17.2 Å². The predicted octanol–water partition coefficient (Wildman–Crippen LogP) is 2.54. The van der Waals surface area contributed by atoms with E-state index >= 15 is 0 Å². The first-order valence-electron chi connectivity index (χ1n) is 9.28. The van der Waals surface area contributed by atoms with Crippen molar-refractivity contribution in [1.82, 2.24) is 9.62 Å². The topological polar surface area (TPSA) is 94.2 Å². The number of sulfonamides is 1. The molecule has 0 bridgehead atoms. The van der Waals surface area contributed by atoms with Crippen molar-refractivity contribution in [2.75, 3.05) is 19.7 Å². The fourth-order valence-electron chi connectivity index (χ4n) is 3.33. The van der Waals surface area contributed by atoms with Crippen molar-refractivity contribution < 1.29 is 27.4 Å². The van der Waals surface area contributed by atoms with E-state index < -0.39 is 15.8 Å². The second-order valence-corrected chi connectivity index (χ2v) is 10.4. The van der Waals surface area contributed by atoms with E-state index in [0.717, 1.165) is 14.5 Å². The van der Waals surface area contributed by atoms with Crippen molar-refractivity contribution in [1.29, 1.82) is 0 Å². The van der Waals surface area contributed by atoms with Crippen LogP contribution in [-0.4, -0.2) is 50.8 Å². The Morgan fingerprint density at radius 2 is 2.00 bits per heavy atom. The van der Waals surface area contributed by atoms with Crippen LogP contribution in [0.2, 0.25) is 0 Å². The number of nitrogens with zero attached hydrogens (tertiary/aromatic N) is 1. The number of nitrogens with one attached hydrogen (secondary N) is 1. The molecular weight excluding hydrogens is 511 g/mol. The molecule has 1 amide bonds. The number of hydrogen-bond acceptors (Lipinski definition) is 6. The van der Waals surface area contributed by atoms with Crippen molar-refractivity contribution >= 4 is 38.5 Å². The average Bonchev–Trinajstić information content (AvgIpc) is 2.97. The molecular formula is C19H25IN2O6S. The number of likely N-dealkylation sites (tertiary alicyclic amines) is 1. The molecule has 2 aliphatic heterocycles. The van der Waals surface area contributed by atoms with Gasteiger partial charge in [-0.15, -0.1) is 0 Å². The minimum atomic E-state index is -3.47. The summed E-state index contributed by atoms with van der Waals surface area (Å²) in [6.07, 6.45) is 1.09. The summed E-state index contributed by atoms with van der Waals surface area (Å²) in [6, 6.07) is 1.73. The van der Waals surface area contributed by atoms with Gasteiger partial charge in [0.1, 0.15) is 0 Å². The van der Waals surface area contributed by atoms with Crippen LogP contribution >= 0.6 is 22.6 Å². The van der Waals surface area contributed by atoms with Crippen LogP contribution < -0.4 is 18.9 Å². The molecule has 1 N–H and O–H groups in total. The monoisotopic (exact) mass is 536 g/mol. The molecule has 1 aromatic rings. The largest absolute Gasteiger partial charge is 0.479 e. The number of fused-ring (bicyclic) bond motifs is 1. The van der Waals surface area contributed by atoms with Gasteiger partial charge in [0.2, 0.25) is 21.6 Å². The number of ether oxygens (including phenoxy) is 3. The molecule has 1 fully saturated rings. The minimum absolute atomic E-state index is 0.127. The van der Waals surface area contributed by atoms with E-state index in [-0.39, 0.29) is 18.6 Å². The van der Waals surface area contributed by atoms with Gasteiger partial charge in [-0.25, -0.2) is 13.1 Å². The zero-order valence-corrected chi connectivity index (χ0v) is 19.6. The lowest BCUT2D eigenvalue weighted by atomic mass is 10.1. The summed E-state index contributed by atoms with van der Waals surface area (Å²) in [4.78, 5) is 14.3. The highest BCUT2D eigenvalue weighted by Crippen LogP contribution is 2.50. The van der Waals surface area contributed by atoms with Crippen LogP contribution in [0.4, 0.5) is 0 Å². The maximum Gasteiger partial charge on any atom is 0.260 e. The van der Waals surface area contributed by atoms with Crippen molar-refractivity contribution in [2.24, 2.45) is 0 Å². The molecule has 0 saturated carbocycles. The second kappa shape index (κ2) is 8.31. The number of carbonyl (C=O) groups is 1. The fraction of sp³-hybridized carbons (Fsp3) is 0.526. The molecule has 1 aromatic carbocycles. The second-order valence-electron chi connectivity index (χ2n) is 7.54. The summed E-state index contributed by atoms with van der Waals surface area (Å²) in [7, 11) is -3.47. The highest BCUT2D eigenvalue weighted by molar-refractivity contribution is 14.1. The SMILES string of the molecule is C=CS(=O)(=O)NC1CCN(C(=O)COc2c(I)cc(C)c3c2OC(C)(C)O3)CC1. The number of aryl methyl sites for hydroxylation is 1.